The summed E-state index contributed by atoms with van der Waals surface area (Å²) in [7, 11) is -16.0. The smallest absolute Gasteiger partial charge is 0.341 e. The van der Waals surface area contributed by atoms with Gasteiger partial charge in [-0.3, -0.25) is 28.1 Å². The Morgan fingerprint density at radius 2 is 1.14 bits per heavy atom. The monoisotopic (exact) mass is 588 g/mol. The van der Waals surface area contributed by atoms with E-state index in [4.69, 9.17) is 4.52 Å². The molecule has 2 unspecified atom stereocenters. The highest BCUT2D eigenvalue weighted by Crippen LogP contribution is 2.50. The normalized spacial score (nSPS) is 17.5. The molecule has 17 heteroatoms. The van der Waals surface area contributed by atoms with Crippen molar-refractivity contribution < 1.29 is 52.1 Å². The number of nitrogens with zero attached hydrogens (tertiary/aromatic N) is 2. The highest BCUT2D eigenvalue weighted by atomic mass is 31.2. The topological polar surface area (TPSA) is 205 Å². The van der Waals surface area contributed by atoms with Gasteiger partial charge in [0.15, 0.2) is 0 Å². The van der Waals surface area contributed by atoms with E-state index in [1.54, 1.807) is 27.7 Å². The average molecular weight is 588 g/mol. The molecule has 0 heterocycles. The van der Waals surface area contributed by atoms with Gasteiger partial charge in [0.05, 0.1) is 12.4 Å². The van der Waals surface area contributed by atoms with Crippen molar-refractivity contribution in [1.82, 2.24) is 9.80 Å². The van der Waals surface area contributed by atoms with Gasteiger partial charge in [0, 0.05) is 31.4 Å². The third kappa shape index (κ3) is 12.3. The lowest BCUT2D eigenvalue weighted by Gasteiger charge is -2.48. The molecule has 0 spiro atoms. The molecular weight excluding hydrogens is 544 g/mol. The summed E-state index contributed by atoms with van der Waals surface area (Å²) in [4.78, 5) is 61.9. The summed E-state index contributed by atoms with van der Waals surface area (Å²) in [6, 6.07) is 0. The Morgan fingerprint density at radius 3 is 1.46 bits per heavy atom. The summed E-state index contributed by atoms with van der Waals surface area (Å²) in [5.41, 5.74) is -2.15. The van der Waals surface area contributed by atoms with Gasteiger partial charge in [0.25, 0.3) is 0 Å². The van der Waals surface area contributed by atoms with E-state index >= 15 is 0 Å². The van der Waals surface area contributed by atoms with Crippen molar-refractivity contribution >= 4 is 30.2 Å². The van der Waals surface area contributed by atoms with Gasteiger partial charge in [-0.2, -0.15) is 0 Å². The highest BCUT2D eigenvalue weighted by Gasteiger charge is 2.44. The van der Waals surface area contributed by atoms with Crippen molar-refractivity contribution in [2.75, 3.05) is 45.3 Å². The summed E-state index contributed by atoms with van der Waals surface area (Å²) in [6.07, 6.45) is -0.985. The van der Waals surface area contributed by atoms with E-state index in [-0.39, 0.29) is 25.8 Å². The minimum absolute atomic E-state index is 0.0207. The Morgan fingerprint density at radius 1 is 0.686 bits per heavy atom. The first-order valence-electron chi connectivity index (χ1n) is 11.4. The minimum atomic E-state index is -4.63. The molecule has 0 amide bonds. The largest absolute Gasteiger partial charge is 0.344 e. The summed E-state index contributed by atoms with van der Waals surface area (Å²) < 4.78 is 53.4. The fraction of sp³-hybridized carbons (Fsp3) is 1.00. The Balaban J connectivity index is 6.50. The molecule has 0 aromatic rings. The van der Waals surface area contributed by atoms with E-state index in [0.717, 1.165) is 13.8 Å². The van der Waals surface area contributed by atoms with Crippen LogP contribution in [-0.4, -0.2) is 95.6 Å². The number of hydrogen-bond acceptors (Lipinski definition) is 7. The number of hydrogen-bond donors (Lipinski definition) is 6. The molecular formula is C18H44N2O11P4. The molecule has 0 bridgehead atoms. The van der Waals surface area contributed by atoms with E-state index in [2.05, 4.69) is 0 Å². The van der Waals surface area contributed by atoms with Crippen LogP contribution in [0.4, 0.5) is 0 Å². The van der Waals surface area contributed by atoms with Crippen molar-refractivity contribution in [3.05, 3.63) is 0 Å². The quantitative estimate of drug-likeness (QED) is 0.128. The van der Waals surface area contributed by atoms with E-state index in [0.29, 0.717) is 12.8 Å². The fourth-order valence-electron chi connectivity index (χ4n) is 4.57. The van der Waals surface area contributed by atoms with Crippen LogP contribution in [0.1, 0.15) is 59.8 Å². The zero-order valence-electron chi connectivity index (χ0n) is 21.5. The van der Waals surface area contributed by atoms with Crippen LogP contribution in [0.5, 0.6) is 0 Å². The third-order valence-corrected chi connectivity index (χ3v) is 10.6. The zero-order valence-corrected chi connectivity index (χ0v) is 25.1. The van der Waals surface area contributed by atoms with Gasteiger partial charge in [0.2, 0.25) is 7.37 Å². The number of rotatable bonds is 18. The maximum Gasteiger partial charge on any atom is 0.341 e. The lowest BCUT2D eigenvalue weighted by Crippen LogP contribution is -2.55. The Labute approximate surface area is 208 Å². The van der Waals surface area contributed by atoms with Crippen LogP contribution in [0, 0.1) is 0 Å². The second-order valence-corrected chi connectivity index (χ2v) is 16.8. The van der Waals surface area contributed by atoms with Gasteiger partial charge >= 0.3 is 22.8 Å². The van der Waals surface area contributed by atoms with Crippen LogP contribution in [0.3, 0.4) is 0 Å². The fourth-order valence-corrected chi connectivity index (χ4v) is 9.01. The molecule has 0 saturated heterocycles. The molecule has 35 heavy (non-hydrogen) atoms. The molecule has 0 aliphatic rings. The van der Waals surface area contributed by atoms with E-state index in [9.17, 15) is 47.6 Å². The summed E-state index contributed by atoms with van der Waals surface area (Å²) >= 11 is 0. The van der Waals surface area contributed by atoms with Gasteiger partial charge in [0.1, 0.15) is 12.6 Å². The molecule has 0 aliphatic carbocycles. The molecule has 6 N–H and O–H groups in total. The van der Waals surface area contributed by atoms with Crippen molar-refractivity contribution in [2.45, 2.75) is 70.9 Å². The lowest BCUT2D eigenvalue weighted by atomic mass is 9.86. The zero-order chi connectivity index (χ0) is 27.9. The van der Waals surface area contributed by atoms with Gasteiger partial charge in [-0.15, -0.1) is 0 Å². The van der Waals surface area contributed by atoms with Crippen LogP contribution in [0.25, 0.3) is 0 Å². The molecule has 0 fully saturated rings. The maximum absolute atomic E-state index is 12.4. The molecule has 13 nitrogen and oxygen atoms in total. The van der Waals surface area contributed by atoms with E-state index in [1.165, 1.54) is 9.80 Å². The molecule has 0 aromatic heterocycles. The van der Waals surface area contributed by atoms with Crippen LogP contribution >= 0.6 is 30.2 Å². The van der Waals surface area contributed by atoms with Gasteiger partial charge in [-0.25, -0.2) is 0 Å². The predicted molar refractivity (Wildman–Crippen MR) is 136 cm³/mol. The first-order chi connectivity index (χ1) is 15.6. The molecule has 0 rings (SSSR count). The molecule has 0 aliphatic heterocycles. The maximum atomic E-state index is 12.4. The Hall–Kier alpha value is 0.560. The average Bonchev–Trinajstić information content (AvgIpc) is 2.69. The third-order valence-electron chi connectivity index (χ3n) is 6.74. The van der Waals surface area contributed by atoms with Crippen molar-refractivity contribution in [1.29, 1.82) is 0 Å². The molecule has 0 saturated carbocycles. The molecule has 0 aromatic carbocycles. The second kappa shape index (κ2) is 13.6. The lowest BCUT2D eigenvalue weighted by molar-refractivity contribution is 0.0511. The minimum Gasteiger partial charge on any atom is -0.344 e. The van der Waals surface area contributed by atoms with E-state index in [1.807, 2.05) is 0 Å². The highest BCUT2D eigenvalue weighted by molar-refractivity contribution is 7.57. The van der Waals surface area contributed by atoms with Gasteiger partial charge in [-0.05, 0) is 32.1 Å². The predicted octanol–water partition coefficient (Wildman–Crippen LogP) is 3.06. The van der Waals surface area contributed by atoms with Crippen LogP contribution in [-0.2, 0) is 22.8 Å². The second-order valence-electron chi connectivity index (χ2n) is 9.20. The Bertz CT molecular complexity index is 845. The molecule has 212 valence electrons. The summed E-state index contributed by atoms with van der Waals surface area (Å²) in [5, 5.41) is 0. The Kier molecular flexibility index (Phi) is 13.8. The standard InChI is InChI=1S/C18H44N2O11P4/c1-7-17(8-2,20(14-32(6,21)22)16-35(29,30)31-5)11-12-19(15-34(26,27)28)18(9-3,10-4)13-33(23,24)25/h7-16H2,1-6H3,(H,21,22)(H,29,30)(H2,23,24,25)(H2,26,27,28). The SMILES string of the molecule is CCC(CC)(CCN(CP(=O)(O)O)C(CC)(CC)CP(=O)(O)O)N(CP(C)(=O)O)CP(=O)(O)OC. The van der Waals surface area contributed by atoms with Crippen molar-refractivity contribution in [3.8, 4) is 0 Å². The van der Waals surface area contributed by atoms with Crippen LogP contribution in [0.15, 0.2) is 0 Å². The van der Waals surface area contributed by atoms with Gasteiger partial charge < -0.3 is 33.9 Å². The van der Waals surface area contributed by atoms with Crippen LogP contribution < -0.4 is 0 Å². The first-order valence-corrected chi connectivity index (χ1v) is 19.0. The van der Waals surface area contributed by atoms with Gasteiger partial charge in [-0.1, -0.05) is 27.7 Å². The van der Waals surface area contributed by atoms with Crippen molar-refractivity contribution in [2.24, 2.45) is 0 Å². The molecule has 2 atom stereocenters. The summed E-state index contributed by atoms with van der Waals surface area (Å²) in [6.45, 7) is 8.06. The van der Waals surface area contributed by atoms with E-state index < -0.39 is 66.3 Å². The van der Waals surface area contributed by atoms with Crippen molar-refractivity contribution in [3.63, 3.8) is 0 Å². The first kappa shape index (κ1) is 35.6. The van der Waals surface area contributed by atoms with Crippen LogP contribution in [0.2, 0.25) is 0 Å². The molecule has 0 radical (unpaired) electrons. The summed E-state index contributed by atoms with van der Waals surface area (Å²) in [5.74, 6) is 0.